The summed E-state index contributed by atoms with van der Waals surface area (Å²) in [4.78, 5) is 8.44. The molecule has 3 rings (SSSR count). The summed E-state index contributed by atoms with van der Waals surface area (Å²) in [5.41, 5.74) is 3.03. The van der Waals surface area contributed by atoms with E-state index >= 15 is 0 Å². The average Bonchev–Trinajstić information content (AvgIpc) is 2.40. The van der Waals surface area contributed by atoms with Crippen molar-refractivity contribution in [1.29, 1.82) is 0 Å². The normalized spacial score (nSPS) is 10.4. The lowest BCUT2D eigenvalue weighted by Crippen LogP contribution is -1.92. The first-order valence-corrected chi connectivity index (χ1v) is 5.44. The van der Waals surface area contributed by atoms with Crippen LogP contribution in [0.3, 0.4) is 0 Å². The number of hydrogen-bond acceptors (Lipinski definition) is 3. The number of para-hydroxylation sites is 1. The van der Waals surface area contributed by atoms with Gasteiger partial charge in [0.2, 0.25) is 0 Å². The van der Waals surface area contributed by atoms with Gasteiger partial charge in [-0.3, -0.25) is 9.97 Å². The van der Waals surface area contributed by atoms with Gasteiger partial charge in [-0.1, -0.05) is 18.2 Å². The van der Waals surface area contributed by atoms with Crippen molar-refractivity contribution in [3.05, 3.63) is 61.1 Å². The van der Waals surface area contributed by atoms with E-state index in [1.165, 1.54) is 0 Å². The zero-order chi connectivity index (χ0) is 11.5. The fraction of sp³-hybridized carbons (Fsp3) is 0. The van der Waals surface area contributed by atoms with Crippen LogP contribution in [0.15, 0.2) is 61.1 Å². The molecule has 0 bridgehead atoms. The highest BCUT2D eigenvalue weighted by Gasteiger charge is 2.01. The lowest BCUT2D eigenvalue weighted by Gasteiger charge is -2.08. The van der Waals surface area contributed by atoms with Gasteiger partial charge in [0.15, 0.2) is 0 Å². The first-order chi connectivity index (χ1) is 8.43. The fourth-order valence-corrected chi connectivity index (χ4v) is 1.78. The summed E-state index contributed by atoms with van der Waals surface area (Å²) in [6.45, 7) is 0. The van der Waals surface area contributed by atoms with E-state index in [0.29, 0.717) is 0 Å². The average molecular weight is 221 g/mol. The highest BCUT2D eigenvalue weighted by Crippen LogP contribution is 2.23. The van der Waals surface area contributed by atoms with Crippen LogP contribution in [-0.2, 0) is 0 Å². The highest BCUT2D eigenvalue weighted by molar-refractivity contribution is 5.91. The molecule has 3 nitrogen and oxygen atoms in total. The summed E-state index contributed by atoms with van der Waals surface area (Å²) in [6, 6.07) is 13.9. The van der Waals surface area contributed by atoms with Crippen LogP contribution in [0.4, 0.5) is 11.4 Å². The summed E-state index contributed by atoms with van der Waals surface area (Å²) in [5.74, 6) is 0. The van der Waals surface area contributed by atoms with Gasteiger partial charge in [-0.25, -0.2) is 0 Å². The van der Waals surface area contributed by atoms with Gasteiger partial charge in [-0.15, -0.1) is 0 Å². The largest absolute Gasteiger partial charge is 0.355 e. The number of anilines is 2. The van der Waals surface area contributed by atoms with E-state index in [4.69, 9.17) is 0 Å². The van der Waals surface area contributed by atoms with E-state index in [-0.39, 0.29) is 0 Å². The van der Waals surface area contributed by atoms with Crippen LogP contribution in [0.2, 0.25) is 0 Å². The number of pyridine rings is 2. The summed E-state index contributed by atoms with van der Waals surface area (Å²) >= 11 is 0. The molecule has 0 radical (unpaired) electrons. The van der Waals surface area contributed by atoms with Gasteiger partial charge in [-0.05, 0) is 24.3 Å². The fourth-order valence-electron chi connectivity index (χ4n) is 1.78. The molecular weight excluding hydrogens is 210 g/mol. The molecule has 0 amide bonds. The van der Waals surface area contributed by atoms with Crippen LogP contribution < -0.4 is 5.32 Å². The molecule has 82 valence electrons. The molecule has 1 aromatic carbocycles. The van der Waals surface area contributed by atoms with E-state index in [0.717, 1.165) is 22.3 Å². The third-order valence-corrected chi connectivity index (χ3v) is 2.60. The lowest BCUT2D eigenvalue weighted by atomic mass is 10.2. The molecule has 0 aliphatic carbocycles. The molecule has 0 saturated carbocycles. The Labute approximate surface area is 99.2 Å². The number of nitrogens with zero attached hydrogens (tertiary/aromatic N) is 2. The van der Waals surface area contributed by atoms with Gasteiger partial charge in [0.05, 0.1) is 11.2 Å². The maximum absolute atomic E-state index is 4.30. The molecule has 0 aliphatic heterocycles. The predicted molar refractivity (Wildman–Crippen MR) is 69.3 cm³/mol. The summed E-state index contributed by atoms with van der Waals surface area (Å²) in [7, 11) is 0. The monoisotopic (exact) mass is 221 g/mol. The quantitative estimate of drug-likeness (QED) is 0.721. The summed E-state index contributed by atoms with van der Waals surface area (Å²) in [5, 5.41) is 4.39. The Morgan fingerprint density at radius 3 is 2.65 bits per heavy atom. The minimum absolute atomic E-state index is 0.945. The molecule has 17 heavy (non-hydrogen) atoms. The standard InChI is InChI=1S/C14H11N3/c1-2-4-11(5-3-1)17-14-7-9-16-13-6-8-15-10-12(13)14/h1-10H,(H,16,17). The molecule has 2 heterocycles. The second kappa shape index (κ2) is 4.22. The highest BCUT2D eigenvalue weighted by atomic mass is 14.9. The third kappa shape index (κ3) is 1.95. The van der Waals surface area contributed by atoms with Crippen LogP contribution in [0.5, 0.6) is 0 Å². The summed E-state index contributed by atoms with van der Waals surface area (Å²) < 4.78 is 0. The van der Waals surface area contributed by atoms with Crippen LogP contribution in [0.1, 0.15) is 0 Å². The summed E-state index contributed by atoms with van der Waals surface area (Å²) in [6.07, 6.45) is 5.38. The minimum Gasteiger partial charge on any atom is -0.355 e. The van der Waals surface area contributed by atoms with Crippen LogP contribution in [0, 0.1) is 0 Å². The lowest BCUT2D eigenvalue weighted by molar-refractivity contribution is 1.32. The van der Waals surface area contributed by atoms with Crippen molar-refractivity contribution in [3.63, 3.8) is 0 Å². The molecular formula is C14H11N3. The van der Waals surface area contributed by atoms with Crippen molar-refractivity contribution in [3.8, 4) is 0 Å². The van der Waals surface area contributed by atoms with Crippen molar-refractivity contribution in [2.75, 3.05) is 5.32 Å². The zero-order valence-electron chi connectivity index (χ0n) is 9.17. The molecule has 0 fully saturated rings. The van der Waals surface area contributed by atoms with Crippen molar-refractivity contribution in [1.82, 2.24) is 9.97 Å². The molecule has 2 aromatic heterocycles. The first-order valence-electron chi connectivity index (χ1n) is 5.44. The Morgan fingerprint density at radius 2 is 1.76 bits per heavy atom. The van der Waals surface area contributed by atoms with Crippen LogP contribution >= 0.6 is 0 Å². The molecule has 1 N–H and O–H groups in total. The van der Waals surface area contributed by atoms with Crippen molar-refractivity contribution >= 4 is 22.3 Å². The smallest absolute Gasteiger partial charge is 0.0753 e. The Balaban J connectivity index is 2.06. The molecule has 0 aliphatic rings. The number of benzene rings is 1. The van der Waals surface area contributed by atoms with Gasteiger partial charge in [0, 0.05) is 29.7 Å². The maximum Gasteiger partial charge on any atom is 0.0753 e. The second-order valence-electron chi connectivity index (χ2n) is 3.74. The minimum atomic E-state index is 0.945. The molecule has 0 saturated heterocycles. The van der Waals surface area contributed by atoms with Crippen molar-refractivity contribution in [2.45, 2.75) is 0 Å². The molecule has 0 unspecified atom stereocenters. The van der Waals surface area contributed by atoms with E-state index in [1.54, 1.807) is 12.4 Å². The molecule has 0 atom stereocenters. The Kier molecular flexibility index (Phi) is 2.43. The number of nitrogens with one attached hydrogen (secondary N) is 1. The van der Waals surface area contributed by atoms with E-state index in [1.807, 2.05) is 48.7 Å². The Hall–Kier alpha value is -2.42. The first kappa shape index (κ1) is 9.78. The topological polar surface area (TPSA) is 37.8 Å². The SMILES string of the molecule is c1ccc(Nc2ccnc3ccncc23)cc1. The Morgan fingerprint density at radius 1 is 0.882 bits per heavy atom. The van der Waals surface area contributed by atoms with Crippen molar-refractivity contribution in [2.24, 2.45) is 0 Å². The van der Waals surface area contributed by atoms with Gasteiger partial charge in [0.1, 0.15) is 0 Å². The molecule has 0 spiro atoms. The van der Waals surface area contributed by atoms with E-state index in [2.05, 4.69) is 15.3 Å². The number of hydrogen-bond donors (Lipinski definition) is 1. The third-order valence-electron chi connectivity index (χ3n) is 2.60. The van der Waals surface area contributed by atoms with Gasteiger partial charge >= 0.3 is 0 Å². The van der Waals surface area contributed by atoms with E-state index < -0.39 is 0 Å². The number of aromatic nitrogens is 2. The number of rotatable bonds is 2. The Bertz CT molecular complexity index is 630. The molecule has 3 aromatic rings. The maximum atomic E-state index is 4.30. The van der Waals surface area contributed by atoms with Crippen molar-refractivity contribution < 1.29 is 0 Å². The number of fused-ring (bicyclic) bond motifs is 1. The predicted octanol–water partition coefficient (Wildman–Crippen LogP) is 3.37. The van der Waals surface area contributed by atoms with Crippen LogP contribution in [-0.4, -0.2) is 9.97 Å². The second-order valence-corrected chi connectivity index (χ2v) is 3.74. The zero-order valence-corrected chi connectivity index (χ0v) is 9.17. The van der Waals surface area contributed by atoms with Gasteiger partial charge < -0.3 is 5.32 Å². The molecule has 3 heteroatoms. The van der Waals surface area contributed by atoms with Crippen LogP contribution in [0.25, 0.3) is 10.9 Å². The van der Waals surface area contributed by atoms with E-state index in [9.17, 15) is 0 Å². The van der Waals surface area contributed by atoms with Gasteiger partial charge in [0.25, 0.3) is 0 Å². The van der Waals surface area contributed by atoms with Gasteiger partial charge in [-0.2, -0.15) is 0 Å².